The van der Waals surface area contributed by atoms with Crippen LogP contribution in [0.4, 0.5) is 0 Å². The molecule has 18 heavy (non-hydrogen) atoms. The molecule has 1 atom stereocenters. The fourth-order valence-electron chi connectivity index (χ4n) is 1.92. The zero-order valence-electron chi connectivity index (χ0n) is 10.2. The quantitative estimate of drug-likeness (QED) is 0.629. The molecule has 1 unspecified atom stereocenters. The van der Waals surface area contributed by atoms with E-state index in [1.54, 1.807) is 6.20 Å². The molecule has 5 nitrogen and oxygen atoms in total. The second-order valence-electron chi connectivity index (χ2n) is 4.67. The van der Waals surface area contributed by atoms with Crippen LogP contribution in [-0.2, 0) is 4.79 Å². The van der Waals surface area contributed by atoms with Crippen molar-refractivity contribution < 1.29 is 9.90 Å². The van der Waals surface area contributed by atoms with Crippen LogP contribution in [0.3, 0.4) is 0 Å². The third-order valence-corrected chi connectivity index (χ3v) is 3.93. The minimum absolute atomic E-state index is 0.0768. The van der Waals surface area contributed by atoms with Crippen LogP contribution < -0.4 is 5.56 Å². The number of hydrogen-bond donors (Lipinski definition) is 1. The molecule has 0 bridgehead atoms. The van der Waals surface area contributed by atoms with Crippen LogP contribution in [0, 0.1) is 5.92 Å². The Hall–Kier alpha value is -1.30. The zero-order valence-corrected chi connectivity index (χ0v) is 11.0. The average molecular weight is 268 g/mol. The largest absolute Gasteiger partial charge is 0.481 e. The van der Waals surface area contributed by atoms with E-state index in [1.807, 2.05) is 4.57 Å². The molecule has 1 fully saturated rings. The van der Waals surface area contributed by atoms with Gasteiger partial charge in [-0.2, -0.15) is 4.98 Å². The van der Waals surface area contributed by atoms with E-state index in [1.165, 1.54) is 18.9 Å². The summed E-state index contributed by atoms with van der Waals surface area (Å²) in [5.74, 6) is -0.205. The van der Waals surface area contributed by atoms with Gasteiger partial charge in [-0.15, -0.1) is 0 Å². The minimum Gasteiger partial charge on any atom is -0.481 e. The number of carbonyl (C=O) groups is 1. The lowest BCUT2D eigenvalue weighted by Crippen LogP contribution is -2.17. The Morgan fingerprint density at radius 3 is 3.00 bits per heavy atom. The van der Waals surface area contributed by atoms with Gasteiger partial charge < -0.3 is 9.67 Å². The maximum Gasteiger partial charge on any atom is 0.313 e. The highest BCUT2D eigenvalue weighted by atomic mass is 32.2. The zero-order chi connectivity index (χ0) is 13.1. The van der Waals surface area contributed by atoms with Gasteiger partial charge in [-0.3, -0.25) is 9.59 Å². The van der Waals surface area contributed by atoms with Crippen molar-refractivity contribution in [1.82, 2.24) is 9.55 Å². The molecule has 0 amide bonds. The summed E-state index contributed by atoms with van der Waals surface area (Å²) in [4.78, 5) is 25.8. The molecule has 0 radical (unpaired) electrons. The van der Waals surface area contributed by atoms with Crippen LogP contribution in [-0.4, -0.2) is 26.4 Å². The van der Waals surface area contributed by atoms with Gasteiger partial charge in [-0.05, 0) is 19.3 Å². The lowest BCUT2D eigenvalue weighted by atomic mass is 10.1. The van der Waals surface area contributed by atoms with E-state index >= 15 is 0 Å². The number of nitrogens with zero attached hydrogens (tertiary/aromatic N) is 2. The average Bonchev–Trinajstić information content (AvgIpc) is 3.10. The van der Waals surface area contributed by atoms with Crippen LogP contribution in [0.1, 0.15) is 32.2 Å². The van der Waals surface area contributed by atoms with E-state index in [4.69, 9.17) is 5.11 Å². The first-order chi connectivity index (χ1) is 8.56. The van der Waals surface area contributed by atoms with E-state index < -0.39 is 5.97 Å². The van der Waals surface area contributed by atoms with Crippen LogP contribution in [0.5, 0.6) is 0 Å². The van der Waals surface area contributed by atoms with Crippen LogP contribution in [0.25, 0.3) is 0 Å². The SMILES string of the molecule is CC(CC1CC1)n1ccc(=O)nc1SCC(=O)O. The molecule has 98 valence electrons. The Morgan fingerprint density at radius 2 is 2.39 bits per heavy atom. The van der Waals surface area contributed by atoms with Crippen molar-refractivity contribution >= 4 is 17.7 Å². The highest BCUT2D eigenvalue weighted by molar-refractivity contribution is 7.99. The van der Waals surface area contributed by atoms with Crippen molar-refractivity contribution in [3.05, 3.63) is 22.6 Å². The molecular formula is C12H16N2O3S. The molecule has 1 heterocycles. The molecule has 1 aliphatic rings. The fourth-order valence-corrected chi connectivity index (χ4v) is 2.71. The number of carboxylic acid groups (broad SMARTS) is 1. The molecule has 0 saturated heterocycles. The predicted molar refractivity (Wildman–Crippen MR) is 68.9 cm³/mol. The molecule has 0 aliphatic heterocycles. The van der Waals surface area contributed by atoms with E-state index in [0.717, 1.165) is 24.1 Å². The van der Waals surface area contributed by atoms with Crippen molar-refractivity contribution in [2.45, 2.75) is 37.4 Å². The Labute approximate surface area is 109 Å². The van der Waals surface area contributed by atoms with Crippen molar-refractivity contribution in [3.63, 3.8) is 0 Å². The first kappa shape index (κ1) is 13.1. The first-order valence-corrected chi connectivity index (χ1v) is 6.98. The number of hydrogen-bond acceptors (Lipinski definition) is 4. The second-order valence-corrected chi connectivity index (χ2v) is 5.61. The maximum atomic E-state index is 11.3. The molecule has 1 aromatic rings. The van der Waals surface area contributed by atoms with Crippen molar-refractivity contribution in [1.29, 1.82) is 0 Å². The summed E-state index contributed by atoms with van der Waals surface area (Å²) in [6.07, 6.45) is 5.32. The topological polar surface area (TPSA) is 72.2 Å². The Bertz CT molecular complexity index is 496. The maximum absolute atomic E-state index is 11.3. The van der Waals surface area contributed by atoms with Gasteiger partial charge in [0.1, 0.15) is 0 Å². The number of aromatic nitrogens is 2. The number of rotatable bonds is 6. The molecule has 1 saturated carbocycles. The molecule has 2 rings (SSSR count). The summed E-state index contributed by atoms with van der Waals surface area (Å²) in [7, 11) is 0. The van der Waals surface area contributed by atoms with Gasteiger partial charge in [-0.1, -0.05) is 24.6 Å². The standard InChI is InChI=1S/C12H16N2O3S/c1-8(6-9-2-3-9)14-5-4-10(15)13-12(14)18-7-11(16)17/h4-5,8-9H,2-3,6-7H2,1H3,(H,16,17). The van der Waals surface area contributed by atoms with Crippen molar-refractivity contribution in [2.24, 2.45) is 5.92 Å². The van der Waals surface area contributed by atoms with E-state index in [2.05, 4.69) is 11.9 Å². The lowest BCUT2D eigenvalue weighted by molar-refractivity contribution is -0.133. The summed E-state index contributed by atoms with van der Waals surface area (Å²) in [6, 6.07) is 1.68. The van der Waals surface area contributed by atoms with Gasteiger partial charge >= 0.3 is 5.97 Å². The van der Waals surface area contributed by atoms with Gasteiger partial charge in [0.2, 0.25) is 0 Å². The van der Waals surface area contributed by atoms with Gasteiger partial charge in [0.05, 0.1) is 5.75 Å². The van der Waals surface area contributed by atoms with E-state index in [9.17, 15) is 9.59 Å². The second kappa shape index (κ2) is 5.56. The third kappa shape index (κ3) is 3.60. The first-order valence-electron chi connectivity index (χ1n) is 6.00. The number of aliphatic carboxylic acids is 1. The number of carboxylic acids is 1. The van der Waals surface area contributed by atoms with Crippen molar-refractivity contribution in [3.8, 4) is 0 Å². The monoisotopic (exact) mass is 268 g/mol. The molecule has 6 heteroatoms. The Morgan fingerprint density at radius 1 is 1.67 bits per heavy atom. The summed E-state index contributed by atoms with van der Waals surface area (Å²) < 4.78 is 1.91. The lowest BCUT2D eigenvalue weighted by Gasteiger charge is -2.18. The normalized spacial score (nSPS) is 16.5. The van der Waals surface area contributed by atoms with E-state index in [-0.39, 0.29) is 17.4 Å². The highest BCUT2D eigenvalue weighted by Gasteiger charge is 2.25. The molecule has 0 aromatic carbocycles. The Balaban J connectivity index is 2.15. The Kier molecular flexibility index (Phi) is 4.06. The van der Waals surface area contributed by atoms with Gasteiger partial charge in [0, 0.05) is 18.3 Å². The fraction of sp³-hybridized carbons (Fsp3) is 0.583. The summed E-state index contributed by atoms with van der Waals surface area (Å²) >= 11 is 1.10. The molecule has 1 aliphatic carbocycles. The van der Waals surface area contributed by atoms with Crippen LogP contribution in [0.2, 0.25) is 0 Å². The molecule has 1 N–H and O–H groups in total. The molecule has 1 aromatic heterocycles. The van der Waals surface area contributed by atoms with Gasteiger partial charge in [0.25, 0.3) is 5.56 Å². The molecular weight excluding hydrogens is 252 g/mol. The predicted octanol–water partition coefficient (Wildman–Crippen LogP) is 1.78. The minimum atomic E-state index is -0.903. The van der Waals surface area contributed by atoms with Crippen molar-refractivity contribution in [2.75, 3.05) is 5.75 Å². The van der Waals surface area contributed by atoms with Crippen LogP contribution in [0.15, 0.2) is 22.2 Å². The molecule has 0 spiro atoms. The van der Waals surface area contributed by atoms with Crippen LogP contribution >= 0.6 is 11.8 Å². The third-order valence-electron chi connectivity index (χ3n) is 2.98. The highest BCUT2D eigenvalue weighted by Crippen LogP contribution is 2.37. The van der Waals surface area contributed by atoms with Gasteiger partial charge in [-0.25, -0.2) is 0 Å². The smallest absolute Gasteiger partial charge is 0.313 e. The van der Waals surface area contributed by atoms with Gasteiger partial charge in [0.15, 0.2) is 5.16 Å². The number of thioether (sulfide) groups is 1. The summed E-state index contributed by atoms with van der Waals surface area (Å²) in [6.45, 7) is 2.08. The summed E-state index contributed by atoms with van der Waals surface area (Å²) in [5, 5.41) is 9.19. The summed E-state index contributed by atoms with van der Waals surface area (Å²) in [5.41, 5.74) is -0.322. The van der Waals surface area contributed by atoms with E-state index in [0.29, 0.717) is 5.16 Å².